The average molecular weight is 284 g/mol. The summed E-state index contributed by atoms with van der Waals surface area (Å²) in [5.74, 6) is 0.596. The number of esters is 1. The summed E-state index contributed by atoms with van der Waals surface area (Å²) >= 11 is 0. The molecule has 0 aliphatic rings. The number of aromatic amines is 1. The van der Waals surface area contributed by atoms with Crippen molar-refractivity contribution in [2.45, 2.75) is 27.2 Å². The third-order valence-corrected chi connectivity index (χ3v) is 3.31. The molecule has 2 heterocycles. The monoisotopic (exact) mass is 284 g/mol. The van der Waals surface area contributed by atoms with Gasteiger partial charge in [-0.3, -0.25) is 4.79 Å². The third-order valence-electron chi connectivity index (χ3n) is 3.31. The topological polar surface area (TPSA) is 72.8 Å². The number of benzene rings is 1. The van der Waals surface area contributed by atoms with Crippen molar-refractivity contribution in [1.82, 2.24) is 19.7 Å². The Labute approximate surface area is 121 Å². The molecule has 1 N–H and O–H groups in total. The number of carbonyl (C=O) groups is 1. The van der Waals surface area contributed by atoms with Gasteiger partial charge in [-0.15, -0.1) is 0 Å². The Balaban J connectivity index is 2.18. The van der Waals surface area contributed by atoms with E-state index < -0.39 is 0 Å². The molecule has 0 aliphatic carbocycles. The van der Waals surface area contributed by atoms with Crippen LogP contribution in [0, 0.1) is 6.92 Å². The third kappa shape index (κ3) is 2.29. The van der Waals surface area contributed by atoms with E-state index in [2.05, 4.69) is 15.1 Å². The molecule has 2 aromatic heterocycles. The minimum absolute atomic E-state index is 0.373. The lowest BCUT2D eigenvalue weighted by Crippen LogP contribution is -2.09. The van der Waals surface area contributed by atoms with E-state index in [1.807, 2.05) is 38.1 Å². The van der Waals surface area contributed by atoms with E-state index in [-0.39, 0.29) is 5.97 Å². The normalized spacial score (nSPS) is 11.0. The number of fused-ring (bicyclic) bond motifs is 1. The summed E-state index contributed by atoms with van der Waals surface area (Å²) in [6.45, 7) is 5.27. The maximum Gasteiger partial charge on any atom is 0.309 e. The number of ether oxygens (including phenoxy) is 1. The van der Waals surface area contributed by atoms with E-state index >= 15 is 0 Å². The first-order valence-electron chi connectivity index (χ1n) is 6.82. The summed E-state index contributed by atoms with van der Waals surface area (Å²) in [4.78, 5) is 19.0. The van der Waals surface area contributed by atoms with Crippen molar-refractivity contribution in [3.05, 3.63) is 35.5 Å². The quantitative estimate of drug-likeness (QED) is 0.750. The van der Waals surface area contributed by atoms with Crippen LogP contribution in [0.3, 0.4) is 0 Å². The van der Waals surface area contributed by atoms with Gasteiger partial charge in [-0.1, -0.05) is 19.1 Å². The minimum Gasteiger partial charge on any atom is -0.407 e. The number of para-hydroxylation sites is 2. The van der Waals surface area contributed by atoms with Gasteiger partial charge in [0.05, 0.1) is 16.7 Å². The van der Waals surface area contributed by atoms with Gasteiger partial charge in [0.15, 0.2) is 0 Å². The molecular formula is C15H16N4O2. The van der Waals surface area contributed by atoms with Crippen LogP contribution in [0.2, 0.25) is 0 Å². The largest absolute Gasteiger partial charge is 0.407 e. The fourth-order valence-corrected chi connectivity index (χ4v) is 2.37. The molecule has 108 valence electrons. The van der Waals surface area contributed by atoms with Gasteiger partial charge >= 0.3 is 5.97 Å². The highest BCUT2D eigenvalue weighted by Gasteiger charge is 2.20. The Morgan fingerprint density at radius 3 is 2.81 bits per heavy atom. The average Bonchev–Trinajstić information content (AvgIpc) is 2.99. The summed E-state index contributed by atoms with van der Waals surface area (Å²) in [6.07, 6.45) is 0.731. The lowest BCUT2D eigenvalue weighted by atomic mass is 10.2. The van der Waals surface area contributed by atoms with Crippen LogP contribution < -0.4 is 4.74 Å². The molecular weight excluding hydrogens is 268 g/mol. The molecule has 0 saturated heterocycles. The Hall–Kier alpha value is -2.63. The summed E-state index contributed by atoms with van der Waals surface area (Å²) in [5.41, 5.74) is 3.49. The molecule has 0 fully saturated rings. The number of aryl methyl sites for hydroxylation is 1. The number of H-pyrrole nitrogens is 1. The molecule has 0 saturated carbocycles. The summed E-state index contributed by atoms with van der Waals surface area (Å²) in [6, 6.07) is 7.71. The van der Waals surface area contributed by atoms with Crippen LogP contribution in [0.15, 0.2) is 24.3 Å². The summed E-state index contributed by atoms with van der Waals surface area (Å²) in [5, 5.41) is 4.45. The lowest BCUT2D eigenvalue weighted by Gasteiger charge is -2.05. The second kappa shape index (κ2) is 5.05. The van der Waals surface area contributed by atoms with E-state index in [1.165, 1.54) is 6.92 Å². The molecule has 6 nitrogen and oxygen atoms in total. The number of aromatic nitrogens is 4. The van der Waals surface area contributed by atoms with E-state index in [0.717, 1.165) is 28.7 Å². The van der Waals surface area contributed by atoms with Crippen molar-refractivity contribution < 1.29 is 9.53 Å². The summed E-state index contributed by atoms with van der Waals surface area (Å²) in [7, 11) is 0. The van der Waals surface area contributed by atoms with Gasteiger partial charge < -0.3 is 9.72 Å². The molecule has 0 bridgehead atoms. The van der Waals surface area contributed by atoms with E-state index in [1.54, 1.807) is 4.68 Å². The highest BCUT2D eigenvalue weighted by molar-refractivity contribution is 5.76. The molecule has 1 aromatic carbocycles. The van der Waals surface area contributed by atoms with E-state index in [9.17, 15) is 4.79 Å². The standard InChI is InChI=1S/C15H16N4O2/c1-4-11-9(2)18-19(14(11)21-10(3)20)15-16-12-7-5-6-8-13(12)17-15/h5-8H,4H2,1-3H3,(H,16,17). The van der Waals surface area contributed by atoms with Gasteiger partial charge in [-0.25, -0.2) is 4.98 Å². The van der Waals surface area contributed by atoms with E-state index in [0.29, 0.717) is 11.8 Å². The van der Waals surface area contributed by atoms with Crippen molar-refractivity contribution in [2.75, 3.05) is 0 Å². The van der Waals surface area contributed by atoms with Gasteiger partial charge in [-0.05, 0) is 25.5 Å². The fraction of sp³-hybridized carbons (Fsp3) is 0.267. The molecule has 0 radical (unpaired) electrons. The fourth-order valence-electron chi connectivity index (χ4n) is 2.37. The number of hydrogen-bond acceptors (Lipinski definition) is 4. The number of rotatable bonds is 3. The number of imidazole rings is 1. The maximum absolute atomic E-state index is 11.4. The zero-order valence-electron chi connectivity index (χ0n) is 12.2. The Morgan fingerprint density at radius 2 is 2.14 bits per heavy atom. The van der Waals surface area contributed by atoms with Crippen molar-refractivity contribution in [3.8, 4) is 11.8 Å². The molecule has 0 aliphatic heterocycles. The zero-order chi connectivity index (χ0) is 15.0. The van der Waals surface area contributed by atoms with Crippen LogP contribution >= 0.6 is 0 Å². The predicted octanol–water partition coefficient (Wildman–Crippen LogP) is 2.54. The van der Waals surface area contributed by atoms with Gasteiger partial charge in [0.1, 0.15) is 0 Å². The van der Waals surface area contributed by atoms with Gasteiger partial charge in [0.25, 0.3) is 0 Å². The Bertz CT molecular complexity index is 783. The molecule has 0 atom stereocenters. The number of carbonyl (C=O) groups excluding carboxylic acids is 1. The van der Waals surface area contributed by atoms with Crippen molar-refractivity contribution in [3.63, 3.8) is 0 Å². The number of hydrogen-bond donors (Lipinski definition) is 1. The number of nitrogens with zero attached hydrogens (tertiary/aromatic N) is 3. The second-order valence-corrected chi connectivity index (χ2v) is 4.81. The van der Waals surface area contributed by atoms with Crippen molar-refractivity contribution >= 4 is 17.0 Å². The van der Waals surface area contributed by atoms with Crippen LogP contribution in [0.25, 0.3) is 17.0 Å². The first kappa shape index (κ1) is 13.4. The molecule has 0 amide bonds. The minimum atomic E-state index is -0.373. The molecule has 21 heavy (non-hydrogen) atoms. The van der Waals surface area contributed by atoms with Crippen molar-refractivity contribution in [2.24, 2.45) is 0 Å². The van der Waals surface area contributed by atoms with Gasteiger partial charge in [0, 0.05) is 12.5 Å². The lowest BCUT2D eigenvalue weighted by molar-refractivity contribution is -0.132. The SMILES string of the molecule is CCc1c(C)nn(-c2nc3ccccc3[nH]2)c1OC(C)=O. The van der Waals surface area contributed by atoms with Gasteiger partial charge in [-0.2, -0.15) is 9.78 Å². The predicted molar refractivity (Wildman–Crippen MR) is 78.6 cm³/mol. The first-order valence-corrected chi connectivity index (χ1v) is 6.82. The summed E-state index contributed by atoms with van der Waals surface area (Å²) < 4.78 is 6.89. The maximum atomic E-state index is 11.4. The molecule has 0 spiro atoms. The number of nitrogens with one attached hydrogen (secondary N) is 1. The molecule has 3 rings (SSSR count). The van der Waals surface area contributed by atoms with Crippen LogP contribution in [-0.2, 0) is 11.2 Å². The molecule has 6 heteroatoms. The smallest absolute Gasteiger partial charge is 0.309 e. The highest BCUT2D eigenvalue weighted by atomic mass is 16.5. The highest BCUT2D eigenvalue weighted by Crippen LogP contribution is 2.26. The van der Waals surface area contributed by atoms with Crippen LogP contribution in [0.4, 0.5) is 0 Å². The van der Waals surface area contributed by atoms with Crippen molar-refractivity contribution in [1.29, 1.82) is 0 Å². The van der Waals surface area contributed by atoms with Crippen LogP contribution in [0.5, 0.6) is 5.88 Å². The van der Waals surface area contributed by atoms with Gasteiger partial charge in [0.2, 0.25) is 11.8 Å². The van der Waals surface area contributed by atoms with Crippen LogP contribution in [0.1, 0.15) is 25.1 Å². The van der Waals surface area contributed by atoms with E-state index in [4.69, 9.17) is 4.74 Å². The first-order chi connectivity index (χ1) is 10.1. The van der Waals surface area contributed by atoms with Crippen LogP contribution in [-0.4, -0.2) is 25.7 Å². The Morgan fingerprint density at radius 1 is 1.38 bits per heavy atom. The Kier molecular flexibility index (Phi) is 3.21. The second-order valence-electron chi connectivity index (χ2n) is 4.81. The molecule has 0 unspecified atom stereocenters. The zero-order valence-corrected chi connectivity index (χ0v) is 12.2. The molecule has 3 aromatic rings.